The fourth-order valence-electron chi connectivity index (χ4n) is 4.82. The molecule has 11 nitrogen and oxygen atoms in total. The highest BCUT2D eigenvalue weighted by Gasteiger charge is 2.41. The molecule has 2 amide bonds. The number of hydrogen-bond donors (Lipinski definition) is 4. The van der Waals surface area contributed by atoms with Crippen LogP contribution in [-0.2, 0) is 22.7 Å². The van der Waals surface area contributed by atoms with E-state index in [1.54, 1.807) is 38.1 Å². The fraction of sp³-hybridized carbons (Fsp3) is 0.400. The van der Waals surface area contributed by atoms with E-state index in [0.29, 0.717) is 37.7 Å². The van der Waals surface area contributed by atoms with E-state index in [-0.39, 0.29) is 45.4 Å². The third kappa shape index (κ3) is 7.35. The first-order chi connectivity index (χ1) is 20.1. The lowest BCUT2D eigenvalue weighted by Crippen LogP contribution is -2.54. The first kappa shape index (κ1) is 31.6. The van der Waals surface area contributed by atoms with Crippen molar-refractivity contribution in [2.45, 2.75) is 51.7 Å². The summed E-state index contributed by atoms with van der Waals surface area (Å²) in [6.45, 7) is 3.43. The second-order valence-corrected chi connectivity index (χ2v) is 11.3. The summed E-state index contributed by atoms with van der Waals surface area (Å²) in [5.41, 5.74) is 2.43. The molecule has 1 heterocycles. The molecule has 2 aliphatic rings. The summed E-state index contributed by atoms with van der Waals surface area (Å²) in [6, 6.07) is 7.88. The number of benzene rings is 2. The molecule has 2 aromatic rings. The first-order valence-corrected chi connectivity index (χ1v) is 14.5. The number of ether oxygens (including phenoxy) is 4. The van der Waals surface area contributed by atoms with E-state index in [0.717, 1.165) is 11.1 Å². The van der Waals surface area contributed by atoms with Crippen molar-refractivity contribution in [2.24, 2.45) is 0 Å². The Morgan fingerprint density at radius 3 is 2.60 bits per heavy atom. The SMILES string of the molecule is COc1cc(CO)cc(I)c1O[C@H]1C=C(C(=O)NCCO)C[C@@H](N(Cc2ccc3c(c2)OCO3)C(=O)C=C(C)C)[C@@H]1O. The predicted octanol–water partition coefficient (Wildman–Crippen LogP) is 2.43. The van der Waals surface area contributed by atoms with Gasteiger partial charge in [-0.25, -0.2) is 0 Å². The van der Waals surface area contributed by atoms with Gasteiger partial charge in [0.05, 0.1) is 29.9 Å². The molecule has 0 unspecified atom stereocenters. The van der Waals surface area contributed by atoms with E-state index in [2.05, 4.69) is 27.9 Å². The zero-order chi connectivity index (χ0) is 30.4. The van der Waals surface area contributed by atoms with E-state index < -0.39 is 24.2 Å². The van der Waals surface area contributed by atoms with E-state index in [9.17, 15) is 24.9 Å². The van der Waals surface area contributed by atoms with Crippen LogP contribution in [-0.4, -0.2) is 77.3 Å². The number of halogens is 1. The minimum atomic E-state index is -1.24. The van der Waals surface area contributed by atoms with Gasteiger partial charge in [-0.3, -0.25) is 9.59 Å². The number of nitrogens with zero attached hydrogens (tertiary/aromatic N) is 1. The van der Waals surface area contributed by atoms with Gasteiger partial charge in [-0.2, -0.15) is 0 Å². The highest BCUT2D eigenvalue weighted by Crippen LogP contribution is 2.38. The number of aliphatic hydroxyl groups excluding tert-OH is 3. The molecule has 0 fully saturated rings. The number of fused-ring (bicyclic) bond motifs is 1. The first-order valence-electron chi connectivity index (χ1n) is 13.4. The van der Waals surface area contributed by atoms with Gasteiger partial charge >= 0.3 is 0 Å². The maximum absolute atomic E-state index is 13.6. The molecule has 0 bridgehead atoms. The van der Waals surface area contributed by atoms with Crippen molar-refractivity contribution in [1.29, 1.82) is 0 Å². The van der Waals surface area contributed by atoms with Crippen molar-refractivity contribution in [3.05, 3.63) is 68.3 Å². The fourth-order valence-corrected chi connectivity index (χ4v) is 5.61. The van der Waals surface area contributed by atoms with Crippen molar-refractivity contribution in [3.8, 4) is 23.0 Å². The second-order valence-electron chi connectivity index (χ2n) is 10.2. The van der Waals surface area contributed by atoms with Crippen LogP contribution in [0.25, 0.3) is 0 Å². The van der Waals surface area contributed by atoms with Gasteiger partial charge in [0.2, 0.25) is 18.6 Å². The van der Waals surface area contributed by atoms with E-state index in [1.165, 1.54) is 24.2 Å². The van der Waals surface area contributed by atoms with Crippen LogP contribution in [0.5, 0.6) is 23.0 Å². The minimum Gasteiger partial charge on any atom is -0.493 e. The third-order valence-corrected chi connectivity index (χ3v) is 7.63. The summed E-state index contributed by atoms with van der Waals surface area (Å²) < 4.78 is 23.4. The average molecular weight is 695 g/mol. The predicted molar refractivity (Wildman–Crippen MR) is 161 cm³/mol. The normalized spacial score (nSPS) is 19.0. The Labute approximate surface area is 257 Å². The molecule has 4 rings (SSSR count). The van der Waals surface area contributed by atoms with Gasteiger partial charge in [-0.05, 0) is 77.9 Å². The van der Waals surface area contributed by atoms with Gasteiger partial charge in [-0.1, -0.05) is 11.6 Å². The Bertz CT molecular complexity index is 1370. The van der Waals surface area contributed by atoms with Crippen LogP contribution in [0.3, 0.4) is 0 Å². The molecular formula is C30H35IN2O9. The van der Waals surface area contributed by atoms with Crippen LogP contribution in [0, 0.1) is 3.57 Å². The topological polar surface area (TPSA) is 147 Å². The molecule has 0 aromatic heterocycles. The number of allylic oxidation sites excluding steroid dienone is 1. The van der Waals surface area contributed by atoms with Crippen LogP contribution in [0.2, 0.25) is 0 Å². The highest BCUT2D eigenvalue weighted by molar-refractivity contribution is 14.1. The molecule has 0 spiro atoms. The number of carbonyl (C=O) groups excluding carboxylic acids is 2. The van der Waals surface area contributed by atoms with Crippen molar-refractivity contribution in [3.63, 3.8) is 0 Å². The van der Waals surface area contributed by atoms with E-state index in [4.69, 9.17) is 18.9 Å². The minimum absolute atomic E-state index is 0.0425. The Kier molecular flexibility index (Phi) is 10.7. The molecule has 1 aliphatic heterocycles. The van der Waals surface area contributed by atoms with Crippen LogP contribution in [0.15, 0.2) is 53.6 Å². The Balaban J connectivity index is 1.73. The van der Waals surface area contributed by atoms with Gasteiger partial charge < -0.3 is 44.5 Å². The summed E-state index contributed by atoms with van der Waals surface area (Å²) in [4.78, 5) is 28.3. The summed E-state index contributed by atoms with van der Waals surface area (Å²) in [5.74, 6) is 1.05. The molecule has 3 atom stereocenters. The van der Waals surface area contributed by atoms with Gasteiger partial charge in [0.1, 0.15) is 12.2 Å². The molecule has 0 saturated carbocycles. The van der Waals surface area contributed by atoms with Crippen LogP contribution in [0.4, 0.5) is 0 Å². The number of carbonyl (C=O) groups is 2. The van der Waals surface area contributed by atoms with E-state index in [1.807, 2.05) is 6.07 Å². The molecule has 2 aromatic carbocycles. The molecule has 42 heavy (non-hydrogen) atoms. The van der Waals surface area contributed by atoms with E-state index >= 15 is 0 Å². The zero-order valence-electron chi connectivity index (χ0n) is 23.6. The number of amides is 2. The highest BCUT2D eigenvalue weighted by atomic mass is 127. The Hall–Kier alpha value is -3.33. The molecular weight excluding hydrogens is 659 g/mol. The molecule has 0 saturated heterocycles. The van der Waals surface area contributed by atoms with Crippen molar-refractivity contribution < 1.29 is 43.9 Å². The van der Waals surface area contributed by atoms with Crippen molar-refractivity contribution in [1.82, 2.24) is 10.2 Å². The largest absolute Gasteiger partial charge is 0.493 e. The maximum atomic E-state index is 13.6. The molecule has 0 radical (unpaired) electrons. The maximum Gasteiger partial charge on any atom is 0.247 e. The Morgan fingerprint density at radius 2 is 1.90 bits per heavy atom. The number of aliphatic hydroxyl groups is 3. The summed E-state index contributed by atoms with van der Waals surface area (Å²) >= 11 is 2.05. The number of rotatable bonds is 11. The van der Waals surface area contributed by atoms with Gasteiger partial charge in [-0.15, -0.1) is 0 Å². The molecule has 226 valence electrons. The standard InChI is InChI=1S/C30H35IN2O9/c1-17(2)8-27(36)33(14-18-4-5-23-24(10-18)41-16-40-23)22-12-20(30(38)32-6-7-34)13-25(28(22)37)42-29-21(31)9-19(15-35)11-26(29)39-3/h4-5,8-11,13,22,25,28,34-35,37H,6-7,12,14-16H2,1-3H3,(H,32,38)/t22-,25+,28+/m1/s1. The monoisotopic (exact) mass is 694 g/mol. The van der Waals surface area contributed by atoms with Crippen LogP contribution >= 0.6 is 22.6 Å². The number of nitrogens with one attached hydrogen (secondary N) is 1. The number of methoxy groups -OCH3 is 1. The summed E-state index contributed by atoms with van der Waals surface area (Å²) in [5, 5.41) is 33.2. The summed E-state index contributed by atoms with van der Waals surface area (Å²) in [7, 11) is 1.47. The lowest BCUT2D eigenvalue weighted by molar-refractivity contribution is -0.134. The lowest BCUT2D eigenvalue weighted by atomic mass is 9.87. The van der Waals surface area contributed by atoms with Crippen LogP contribution < -0.4 is 24.3 Å². The Morgan fingerprint density at radius 1 is 1.14 bits per heavy atom. The lowest BCUT2D eigenvalue weighted by Gasteiger charge is -2.40. The van der Waals surface area contributed by atoms with Gasteiger partial charge in [0.15, 0.2) is 23.0 Å². The van der Waals surface area contributed by atoms with Gasteiger partial charge in [0.25, 0.3) is 0 Å². The summed E-state index contributed by atoms with van der Waals surface area (Å²) in [6.07, 6.45) is 0.788. The zero-order valence-corrected chi connectivity index (χ0v) is 25.8. The van der Waals surface area contributed by atoms with Gasteiger partial charge in [0, 0.05) is 31.2 Å². The molecule has 1 aliphatic carbocycles. The quantitative estimate of drug-likeness (QED) is 0.206. The van der Waals surface area contributed by atoms with Crippen molar-refractivity contribution >= 4 is 34.4 Å². The molecule has 4 N–H and O–H groups in total. The third-order valence-electron chi connectivity index (χ3n) is 6.83. The van der Waals surface area contributed by atoms with Crippen molar-refractivity contribution in [2.75, 3.05) is 27.1 Å². The second kappa shape index (κ2) is 14.2. The molecule has 12 heteroatoms. The smallest absolute Gasteiger partial charge is 0.247 e. The number of hydrogen-bond acceptors (Lipinski definition) is 9. The van der Waals surface area contributed by atoms with Crippen LogP contribution in [0.1, 0.15) is 31.4 Å². The average Bonchev–Trinajstić information content (AvgIpc) is 3.44.